The lowest BCUT2D eigenvalue weighted by Gasteiger charge is -2.33. The van der Waals surface area contributed by atoms with Gasteiger partial charge in [-0.3, -0.25) is 19.8 Å². The molecule has 160 valence electrons. The molecule has 2 aromatic rings. The quantitative estimate of drug-likeness (QED) is 0.530. The van der Waals surface area contributed by atoms with Gasteiger partial charge in [-0.05, 0) is 30.2 Å². The zero-order chi connectivity index (χ0) is 21.7. The Kier molecular flexibility index (Phi) is 6.80. The highest BCUT2D eigenvalue weighted by Crippen LogP contribution is 2.22. The highest BCUT2D eigenvalue weighted by Gasteiger charge is 2.30. The fourth-order valence-corrected chi connectivity index (χ4v) is 4.72. The predicted molar refractivity (Wildman–Crippen MR) is 113 cm³/mol. The van der Waals surface area contributed by atoms with Crippen LogP contribution in [0.25, 0.3) is 0 Å². The first kappa shape index (κ1) is 21.9. The Bertz CT molecular complexity index is 1020. The van der Waals surface area contributed by atoms with E-state index in [0.717, 1.165) is 18.2 Å². The van der Waals surface area contributed by atoms with Crippen LogP contribution < -0.4 is 5.32 Å². The van der Waals surface area contributed by atoms with E-state index >= 15 is 0 Å². The van der Waals surface area contributed by atoms with Crippen molar-refractivity contribution in [1.82, 2.24) is 9.21 Å². The van der Waals surface area contributed by atoms with Gasteiger partial charge in [0.25, 0.3) is 5.69 Å². The number of non-ortho nitro benzene ring substituents is 1. The van der Waals surface area contributed by atoms with Crippen molar-refractivity contribution in [1.29, 1.82) is 0 Å². The number of nitrogens with one attached hydrogen (secondary N) is 1. The number of hydrogen-bond acceptors (Lipinski definition) is 6. The molecule has 9 nitrogen and oxygen atoms in total. The third-order valence-corrected chi connectivity index (χ3v) is 6.91. The van der Waals surface area contributed by atoms with E-state index in [1.54, 1.807) is 0 Å². The Morgan fingerprint density at radius 3 is 2.37 bits per heavy atom. The van der Waals surface area contributed by atoms with Crippen molar-refractivity contribution in [3.8, 4) is 0 Å². The van der Waals surface area contributed by atoms with Gasteiger partial charge < -0.3 is 5.32 Å². The average Bonchev–Trinajstić information content (AvgIpc) is 2.74. The van der Waals surface area contributed by atoms with Crippen LogP contribution in [-0.4, -0.2) is 61.2 Å². The summed E-state index contributed by atoms with van der Waals surface area (Å²) in [5.41, 5.74) is 1.65. The molecule has 0 aromatic heterocycles. The topological polar surface area (TPSA) is 113 Å². The first-order valence-electron chi connectivity index (χ1n) is 9.65. The van der Waals surface area contributed by atoms with Crippen LogP contribution >= 0.6 is 0 Å². The molecule has 1 fully saturated rings. The van der Waals surface area contributed by atoms with Crippen molar-refractivity contribution in [3.63, 3.8) is 0 Å². The molecule has 1 heterocycles. The second-order valence-electron chi connectivity index (χ2n) is 7.03. The Morgan fingerprint density at radius 1 is 1.10 bits per heavy atom. The molecule has 0 aliphatic carbocycles. The van der Waals surface area contributed by atoms with Crippen molar-refractivity contribution in [3.05, 3.63) is 64.2 Å². The molecule has 1 aliphatic rings. The molecule has 1 saturated heterocycles. The molecular weight excluding hydrogens is 408 g/mol. The normalized spacial score (nSPS) is 15.6. The number of carbonyl (C=O) groups excluding carboxylic acids is 1. The lowest BCUT2D eigenvalue weighted by molar-refractivity contribution is -0.385. The summed E-state index contributed by atoms with van der Waals surface area (Å²) < 4.78 is 26.9. The molecule has 0 saturated carbocycles. The number of nitro groups is 1. The van der Waals surface area contributed by atoms with Gasteiger partial charge in [0.2, 0.25) is 15.9 Å². The zero-order valence-corrected chi connectivity index (χ0v) is 17.5. The minimum absolute atomic E-state index is 0.0987. The maximum absolute atomic E-state index is 12.8. The highest BCUT2D eigenvalue weighted by molar-refractivity contribution is 7.89. The van der Waals surface area contributed by atoms with E-state index in [-0.39, 0.29) is 36.1 Å². The predicted octanol–water partition coefficient (Wildman–Crippen LogP) is 2.10. The van der Waals surface area contributed by atoms with Crippen molar-refractivity contribution in [2.45, 2.75) is 18.2 Å². The molecule has 1 N–H and O–H groups in total. The molecular formula is C20H24N4O5S. The largest absolute Gasteiger partial charge is 0.325 e. The van der Waals surface area contributed by atoms with E-state index in [2.05, 4.69) is 12.2 Å². The fraction of sp³-hybridized carbons (Fsp3) is 0.350. The summed E-state index contributed by atoms with van der Waals surface area (Å²) in [7, 11) is -3.82. The summed E-state index contributed by atoms with van der Waals surface area (Å²) in [6.45, 7) is 3.45. The molecule has 1 amide bonds. The zero-order valence-electron chi connectivity index (χ0n) is 16.7. The van der Waals surface area contributed by atoms with E-state index in [9.17, 15) is 23.3 Å². The second-order valence-corrected chi connectivity index (χ2v) is 8.97. The molecule has 0 unspecified atom stereocenters. The number of amides is 1. The van der Waals surface area contributed by atoms with Crippen LogP contribution in [-0.2, 0) is 21.2 Å². The van der Waals surface area contributed by atoms with Crippen molar-refractivity contribution < 1.29 is 18.1 Å². The van der Waals surface area contributed by atoms with E-state index in [0.29, 0.717) is 13.1 Å². The van der Waals surface area contributed by atoms with Crippen molar-refractivity contribution in [2.24, 2.45) is 0 Å². The van der Waals surface area contributed by atoms with Gasteiger partial charge in [-0.1, -0.05) is 25.1 Å². The van der Waals surface area contributed by atoms with Crippen LogP contribution in [0, 0.1) is 10.1 Å². The van der Waals surface area contributed by atoms with Crippen LogP contribution in [0.1, 0.15) is 12.5 Å². The summed E-state index contributed by atoms with van der Waals surface area (Å²) in [6.07, 6.45) is 0.928. The molecule has 0 atom stereocenters. The van der Waals surface area contributed by atoms with Gasteiger partial charge >= 0.3 is 0 Å². The third kappa shape index (κ3) is 5.21. The van der Waals surface area contributed by atoms with Crippen LogP contribution in [0.5, 0.6) is 0 Å². The Balaban J connectivity index is 1.55. The van der Waals surface area contributed by atoms with E-state index in [1.165, 1.54) is 28.1 Å². The van der Waals surface area contributed by atoms with E-state index < -0.39 is 14.9 Å². The standard InChI is InChI=1S/C20H24N4O5S/c1-2-16-6-8-17(9-7-16)21-20(25)15-22-10-12-23(13-11-22)30(28,29)19-5-3-4-18(14-19)24(26)27/h3-9,14H,2,10-13,15H2,1H3,(H,21,25). The lowest BCUT2D eigenvalue weighted by atomic mass is 10.1. The third-order valence-electron chi connectivity index (χ3n) is 5.01. The monoisotopic (exact) mass is 432 g/mol. The molecule has 2 aromatic carbocycles. The van der Waals surface area contributed by atoms with Gasteiger partial charge in [-0.15, -0.1) is 0 Å². The van der Waals surface area contributed by atoms with Gasteiger partial charge in [0, 0.05) is 44.0 Å². The molecule has 1 aliphatic heterocycles. The van der Waals surface area contributed by atoms with E-state index in [4.69, 9.17) is 0 Å². The second kappa shape index (κ2) is 9.33. The number of hydrogen-bond donors (Lipinski definition) is 1. The molecule has 0 radical (unpaired) electrons. The van der Waals surface area contributed by atoms with Crippen molar-refractivity contribution >= 4 is 27.3 Å². The number of sulfonamides is 1. The number of aryl methyl sites for hydroxylation is 1. The maximum atomic E-state index is 12.8. The minimum atomic E-state index is -3.82. The Hall–Kier alpha value is -2.82. The Labute approximate surface area is 175 Å². The number of nitro benzene ring substituents is 1. The van der Waals surface area contributed by atoms with Gasteiger partial charge in [0.05, 0.1) is 16.4 Å². The first-order valence-corrected chi connectivity index (χ1v) is 11.1. The average molecular weight is 433 g/mol. The molecule has 0 bridgehead atoms. The Morgan fingerprint density at radius 2 is 1.77 bits per heavy atom. The summed E-state index contributed by atoms with van der Waals surface area (Å²) in [6, 6.07) is 12.7. The number of benzene rings is 2. The molecule has 10 heteroatoms. The molecule has 0 spiro atoms. The lowest BCUT2D eigenvalue weighted by Crippen LogP contribution is -2.50. The number of piperazine rings is 1. The number of rotatable bonds is 7. The minimum Gasteiger partial charge on any atom is -0.325 e. The smallest absolute Gasteiger partial charge is 0.270 e. The van der Waals surface area contributed by atoms with Gasteiger partial charge in [0.1, 0.15) is 0 Å². The van der Waals surface area contributed by atoms with E-state index in [1.807, 2.05) is 29.2 Å². The van der Waals surface area contributed by atoms with Crippen LogP contribution in [0.2, 0.25) is 0 Å². The number of carbonyl (C=O) groups is 1. The summed E-state index contributed by atoms with van der Waals surface area (Å²) >= 11 is 0. The summed E-state index contributed by atoms with van der Waals surface area (Å²) in [5.74, 6) is -0.158. The first-order chi connectivity index (χ1) is 14.3. The number of anilines is 1. The number of nitrogens with zero attached hydrogens (tertiary/aromatic N) is 3. The van der Waals surface area contributed by atoms with Gasteiger partial charge in [-0.25, -0.2) is 8.42 Å². The summed E-state index contributed by atoms with van der Waals surface area (Å²) in [5, 5.41) is 13.8. The molecule has 30 heavy (non-hydrogen) atoms. The van der Waals surface area contributed by atoms with Gasteiger partial charge in [-0.2, -0.15) is 4.31 Å². The van der Waals surface area contributed by atoms with Gasteiger partial charge in [0.15, 0.2) is 0 Å². The maximum Gasteiger partial charge on any atom is 0.270 e. The highest BCUT2D eigenvalue weighted by atomic mass is 32.2. The van der Waals surface area contributed by atoms with Crippen LogP contribution in [0.4, 0.5) is 11.4 Å². The summed E-state index contributed by atoms with van der Waals surface area (Å²) in [4.78, 5) is 24.4. The fourth-order valence-electron chi connectivity index (χ4n) is 3.26. The molecule has 3 rings (SSSR count). The SMILES string of the molecule is CCc1ccc(NC(=O)CN2CCN(S(=O)(=O)c3cccc([N+](=O)[O-])c3)CC2)cc1. The van der Waals surface area contributed by atoms with Crippen LogP contribution in [0.3, 0.4) is 0 Å². The van der Waals surface area contributed by atoms with Crippen molar-refractivity contribution in [2.75, 3.05) is 38.0 Å². The van der Waals surface area contributed by atoms with Crippen LogP contribution in [0.15, 0.2) is 53.4 Å².